The minimum atomic E-state index is -1.44. The Balaban J connectivity index is 1.55. The number of pyridine rings is 1. The van der Waals surface area contributed by atoms with E-state index < -0.39 is 5.60 Å². The maximum Gasteiger partial charge on any atom is 0.251 e. The van der Waals surface area contributed by atoms with Gasteiger partial charge in [0.25, 0.3) is 5.91 Å². The Morgan fingerprint density at radius 1 is 1.08 bits per heavy atom. The van der Waals surface area contributed by atoms with Crippen molar-refractivity contribution in [1.29, 1.82) is 0 Å². The van der Waals surface area contributed by atoms with Crippen LogP contribution in [0.15, 0.2) is 48.5 Å². The van der Waals surface area contributed by atoms with Crippen LogP contribution in [0.1, 0.15) is 47.8 Å². The SMILES string of the molecule is CCC(O)(CNC(=O)c1ccc(OC2CC2)c(OC)c1)c1ccc(OC)c(-c2ccc(F)c(C)c2)n1. The van der Waals surface area contributed by atoms with Crippen LogP contribution in [0.3, 0.4) is 0 Å². The Morgan fingerprint density at radius 3 is 2.44 bits per heavy atom. The number of nitrogens with one attached hydrogen (secondary N) is 1. The average Bonchev–Trinajstić information content (AvgIpc) is 3.72. The third-order valence-electron chi connectivity index (χ3n) is 6.36. The van der Waals surface area contributed by atoms with Crippen LogP contribution in [0.4, 0.5) is 4.39 Å². The Kier molecular flexibility index (Phi) is 7.45. The number of rotatable bonds is 10. The van der Waals surface area contributed by atoms with Crippen molar-refractivity contribution in [3.05, 3.63) is 71.2 Å². The molecule has 0 spiro atoms. The molecule has 1 heterocycles. The van der Waals surface area contributed by atoms with Crippen LogP contribution in [0.2, 0.25) is 0 Å². The monoisotopic (exact) mass is 494 g/mol. The number of hydrogen-bond donors (Lipinski definition) is 2. The third-order valence-corrected chi connectivity index (χ3v) is 6.36. The Bertz CT molecular complexity index is 1260. The lowest BCUT2D eigenvalue weighted by atomic mass is 9.94. The van der Waals surface area contributed by atoms with Gasteiger partial charge in [0, 0.05) is 11.1 Å². The molecule has 1 saturated carbocycles. The van der Waals surface area contributed by atoms with Gasteiger partial charge in [0.2, 0.25) is 0 Å². The standard InChI is InChI=1S/C28H31FN2O5/c1-5-28(33,16-30-27(32)19-7-11-22(24(15-19)35-4)36-20-8-9-20)25-13-12-23(34-3)26(31-25)18-6-10-21(29)17(2)14-18/h6-7,10-15,20,33H,5,8-9,16H2,1-4H3,(H,30,32). The minimum Gasteiger partial charge on any atom is -0.494 e. The highest BCUT2D eigenvalue weighted by Crippen LogP contribution is 2.35. The largest absolute Gasteiger partial charge is 0.494 e. The number of aromatic nitrogens is 1. The normalized spacial score (nSPS) is 14.6. The zero-order valence-electron chi connectivity index (χ0n) is 20.9. The third kappa shape index (κ3) is 5.44. The molecule has 1 aliphatic carbocycles. The van der Waals surface area contributed by atoms with E-state index in [-0.39, 0.29) is 24.4 Å². The van der Waals surface area contributed by atoms with Gasteiger partial charge in [0.1, 0.15) is 22.9 Å². The van der Waals surface area contributed by atoms with Gasteiger partial charge in [-0.05, 0) is 80.3 Å². The first-order valence-corrected chi connectivity index (χ1v) is 11.9. The number of carbonyl (C=O) groups excluding carboxylic acids is 1. The first-order chi connectivity index (χ1) is 17.3. The molecular weight excluding hydrogens is 463 g/mol. The zero-order chi connectivity index (χ0) is 25.9. The zero-order valence-corrected chi connectivity index (χ0v) is 20.9. The summed E-state index contributed by atoms with van der Waals surface area (Å²) in [4.78, 5) is 17.6. The fourth-order valence-electron chi connectivity index (χ4n) is 3.87. The Morgan fingerprint density at radius 2 is 1.81 bits per heavy atom. The topological polar surface area (TPSA) is 89.9 Å². The number of aliphatic hydroxyl groups is 1. The minimum absolute atomic E-state index is 0.0633. The number of amides is 1. The van der Waals surface area contributed by atoms with Gasteiger partial charge < -0.3 is 24.6 Å². The van der Waals surface area contributed by atoms with Gasteiger partial charge in [0.05, 0.1) is 32.6 Å². The van der Waals surface area contributed by atoms with Crippen LogP contribution in [-0.4, -0.2) is 42.9 Å². The van der Waals surface area contributed by atoms with E-state index in [1.54, 1.807) is 49.4 Å². The van der Waals surface area contributed by atoms with Crippen molar-refractivity contribution in [3.8, 4) is 28.5 Å². The molecule has 4 rings (SSSR count). The summed E-state index contributed by atoms with van der Waals surface area (Å²) in [5.74, 6) is 0.906. The number of benzene rings is 2. The molecule has 1 amide bonds. The number of ether oxygens (including phenoxy) is 3. The predicted octanol–water partition coefficient (Wildman–Crippen LogP) is 4.78. The molecule has 1 aromatic heterocycles. The molecule has 3 aromatic rings. The lowest BCUT2D eigenvalue weighted by molar-refractivity contribution is 0.0275. The molecule has 0 radical (unpaired) electrons. The number of methoxy groups -OCH3 is 2. The van der Waals surface area contributed by atoms with Gasteiger partial charge in [-0.1, -0.05) is 6.92 Å². The van der Waals surface area contributed by atoms with Crippen molar-refractivity contribution in [2.75, 3.05) is 20.8 Å². The smallest absolute Gasteiger partial charge is 0.251 e. The summed E-state index contributed by atoms with van der Waals surface area (Å²) in [7, 11) is 3.06. The van der Waals surface area contributed by atoms with Crippen molar-refractivity contribution in [2.45, 2.75) is 44.8 Å². The second-order valence-corrected chi connectivity index (χ2v) is 8.96. The van der Waals surface area contributed by atoms with E-state index in [1.165, 1.54) is 20.3 Å². The van der Waals surface area contributed by atoms with Gasteiger partial charge >= 0.3 is 0 Å². The Hall–Kier alpha value is -3.65. The quantitative estimate of drug-likeness (QED) is 0.422. The summed E-state index contributed by atoms with van der Waals surface area (Å²) in [5, 5.41) is 14.3. The molecule has 2 N–H and O–H groups in total. The maximum absolute atomic E-state index is 13.8. The maximum atomic E-state index is 13.8. The highest BCUT2D eigenvalue weighted by Gasteiger charge is 2.31. The van der Waals surface area contributed by atoms with E-state index in [2.05, 4.69) is 10.3 Å². The second-order valence-electron chi connectivity index (χ2n) is 8.96. The molecule has 1 atom stereocenters. The molecule has 1 aliphatic rings. The lowest BCUT2D eigenvalue weighted by Gasteiger charge is -2.27. The van der Waals surface area contributed by atoms with E-state index in [9.17, 15) is 14.3 Å². The van der Waals surface area contributed by atoms with Crippen LogP contribution in [-0.2, 0) is 5.60 Å². The van der Waals surface area contributed by atoms with E-state index >= 15 is 0 Å². The fraction of sp³-hybridized carbons (Fsp3) is 0.357. The lowest BCUT2D eigenvalue weighted by Crippen LogP contribution is -2.41. The van der Waals surface area contributed by atoms with E-state index in [4.69, 9.17) is 14.2 Å². The molecule has 36 heavy (non-hydrogen) atoms. The van der Waals surface area contributed by atoms with Crippen LogP contribution < -0.4 is 19.5 Å². The van der Waals surface area contributed by atoms with Crippen molar-refractivity contribution in [2.24, 2.45) is 0 Å². The molecule has 0 bridgehead atoms. The highest BCUT2D eigenvalue weighted by molar-refractivity contribution is 5.95. The van der Waals surface area contributed by atoms with Crippen molar-refractivity contribution >= 4 is 5.91 Å². The average molecular weight is 495 g/mol. The molecule has 1 unspecified atom stereocenters. The number of nitrogens with zero attached hydrogens (tertiary/aromatic N) is 1. The van der Waals surface area contributed by atoms with Crippen LogP contribution in [0, 0.1) is 12.7 Å². The number of aryl methyl sites for hydroxylation is 1. The summed E-state index contributed by atoms with van der Waals surface area (Å²) < 4.78 is 30.5. The first-order valence-electron chi connectivity index (χ1n) is 11.9. The van der Waals surface area contributed by atoms with Crippen LogP contribution >= 0.6 is 0 Å². The van der Waals surface area contributed by atoms with E-state index in [1.807, 2.05) is 6.92 Å². The highest BCUT2D eigenvalue weighted by atomic mass is 19.1. The van der Waals surface area contributed by atoms with Crippen molar-refractivity contribution in [3.63, 3.8) is 0 Å². The van der Waals surface area contributed by atoms with Crippen molar-refractivity contribution < 1.29 is 28.5 Å². The van der Waals surface area contributed by atoms with E-state index in [0.717, 1.165) is 12.8 Å². The molecule has 0 saturated heterocycles. The fourth-order valence-corrected chi connectivity index (χ4v) is 3.87. The summed E-state index contributed by atoms with van der Waals surface area (Å²) in [6, 6.07) is 13.1. The van der Waals surface area contributed by atoms with Gasteiger partial charge in [-0.2, -0.15) is 0 Å². The second kappa shape index (κ2) is 10.5. The van der Waals surface area contributed by atoms with E-state index in [0.29, 0.717) is 51.7 Å². The number of hydrogen-bond acceptors (Lipinski definition) is 6. The predicted molar refractivity (Wildman–Crippen MR) is 134 cm³/mol. The van der Waals surface area contributed by atoms with Crippen LogP contribution in [0.25, 0.3) is 11.3 Å². The first kappa shape index (κ1) is 25.4. The van der Waals surface area contributed by atoms with Gasteiger partial charge in [0.15, 0.2) is 11.5 Å². The summed E-state index contributed by atoms with van der Waals surface area (Å²) in [6.07, 6.45) is 2.54. The van der Waals surface area contributed by atoms with Crippen LogP contribution in [0.5, 0.6) is 17.2 Å². The molecule has 1 fully saturated rings. The summed E-state index contributed by atoms with van der Waals surface area (Å²) in [6.45, 7) is 3.42. The van der Waals surface area contributed by atoms with Gasteiger partial charge in [-0.25, -0.2) is 9.37 Å². The van der Waals surface area contributed by atoms with Crippen molar-refractivity contribution in [1.82, 2.24) is 10.3 Å². The molecule has 7 nitrogen and oxygen atoms in total. The Labute approximate surface area is 210 Å². The van der Waals surface area contributed by atoms with Gasteiger partial charge in [-0.15, -0.1) is 0 Å². The molecule has 8 heteroatoms. The molecule has 2 aromatic carbocycles. The summed E-state index contributed by atoms with van der Waals surface area (Å²) in [5.41, 5.74) is 0.935. The molecule has 0 aliphatic heterocycles. The molecular formula is C28H31FN2O5. The summed E-state index contributed by atoms with van der Waals surface area (Å²) >= 11 is 0. The van der Waals surface area contributed by atoms with Gasteiger partial charge in [-0.3, -0.25) is 4.79 Å². The number of carbonyl (C=O) groups is 1. The molecule has 190 valence electrons. The number of halogens is 1.